The van der Waals surface area contributed by atoms with Crippen LogP contribution in [0, 0.1) is 11.8 Å². The molecule has 1 aliphatic rings. The molecule has 0 spiro atoms. The minimum atomic E-state index is -0.690. The Morgan fingerprint density at radius 3 is 2.08 bits per heavy atom. The number of carbonyl (C=O) groups excluding carboxylic acids is 3. The maximum absolute atomic E-state index is 13.3. The van der Waals surface area contributed by atoms with Crippen molar-refractivity contribution in [3.63, 3.8) is 0 Å². The van der Waals surface area contributed by atoms with Gasteiger partial charge in [0, 0.05) is 25.4 Å². The first-order valence-electron chi connectivity index (χ1n) is 13.0. The van der Waals surface area contributed by atoms with E-state index in [0.717, 1.165) is 11.1 Å². The van der Waals surface area contributed by atoms with E-state index in [9.17, 15) is 14.4 Å². The van der Waals surface area contributed by atoms with Gasteiger partial charge in [-0.25, -0.2) is 0 Å². The summed E-state index contributed by atoms with van der Waals surface area (Å²) in [6.07, 6.45) is 2.18. The normalized spacial score (nSPS) is 16.8. The maximum atomic E-state index is 13.3. The highest BCUT2D eigenvalue weighted by Gasteiger charge is 2.32. The maximum Gasteiger partial charge on any atom is 0.243 e. The molecule has 3 rings (SSSR count). The molecule has 1 unspecified atom stereocenters. The van der Waals surface area contributed by atoms with E-state index in [1.54, 1.807) is 4.90 Å². The van der Waals surface area contributed by atoms with Crippen LogP contribution < -0.4 is 16.4 Å². The fourth-order valence-corrected chi connectivity index (χ4v) is 4.69. The number of hydrogen-bond acceptors (Lipinski definition) is 4. The van der Waals surface area contributed by atoms with Gasteiger partial charge in [-0.1, -0.05) is 74.5 Å². The van der Waals surface area contributed by atoms with Gasteiger partial charge in [0.15, 0.2) is 0 Å². The molecular weight excluding hydrogens is 452 g/mol. The van der Waals surface area contributed by atoms with Crippen molar-refractivity contribution in [2.45, 2.75) is 64.6 Å². The highest BCUT2D eigenvalue weighted by atomic mass is 16.2. The molecule has 194 valence electrons. The first-order valence-corrected chi connectivity index (χ1v) is 13.0. The van der Waals surface area contributed by atoms with Crippen LogP contribution in [0.1, 0.15) is 57.2 Å². The molecule has 3 amide bonds. The van der Waals surface area contributed by atoms with Gasteiger partial charge in [0.1, 0.15) is 6.04 Å². The summed E-state index contributed by atoms with van der Waals surface area (Å²) in [5, 5.41) is 6.06. The van der Waals surface area contributed by atoms with Crippen LogP contribution in [-0.2, 0) is 20.8 Å². The zero-order chi connectivity index (χ0) is 26.1. The molecule has 0 radical (unpaired) electrons. The molecule has 36 heavy (non-hydrogen) atoms. The zero-order valence-corrected chi connectivity index (χ0v) is 21.7. The Morgan fingerprint density at radius 2 is 1.50 bits per heavy atom. The second-order valence-corrected chi connectivity index (χ2v) is 10.2. The van der Waals surface area contributed by atoms with Gasteiger partial charge >= 0.3 is 0 Å². The fraction of sp³-hybridized carbons (Fsp3) is 0.483. The second kappa shape index (κ2) is 13.2. The van der Waals surface area contributed by atoms with Crippen LogP contribution in [-0.4, -0.2) is 47.8 Å². The molecule has 0 aliphatic carbocycles. The van der Waals surface area contributed by atoms with Gasteiger partial charge < -0.3 is 21.3 Å². The summed E-state index contributed by atoms with van der Waals surface area (Å²) in [6.45, 7) is 7.04. The SMILES string of the molecule is CC(C)C[C@H](N)C(=O)N1CCC(C(=O)N[C@@H](Cc2ccccc2)C(=O)NC(C)c2ccccc2)CC1. The quantitative estimate of drug-likeness (QED) is 0.474. The Bertz CT molecular complexity index is 988. The first kappa shape index (κ1) is 27.4. The van der Waals surface area contributed by atoms with Crippen LogP contribution in [0.5, 0.6) is 0 Å². The Kier molecular flexibility index (Phi) is 10.1. The number of nitrogens with two attached hydrogens (primary N) is 1. The standard InChI is InChI=1S/C29H40N4O3/c1-20(2)18-25(30)29(36)33-16-14-24(15-17-33)27(34)32-26(19-22-10-6-4-7-11-22)28(35)31-21(3)23-12-8-5-9-13-23/h4-13,20-21,24-26H,14-19,30H2,1-3H3,(H,31,35)(H,32,34)/t21?,25-,26-/m0/s1. The summed E-state index contributed by atoms with van der Waals surface area (Å²) in [5.74, 6) is -0.288. The molecule has 1 heterocycles. The van der Waals surface area contributed by atoms with Crippen molar-refractivity contribution < 1.29 is 14.4 Å². The van der Waals surface area contributed by atoms with E-state index in [1.807, 2.05) is 81.4 Å². The van der Waals surface area contributed by atoms with Gasteiger partial charge in [0.05, 0.1) is 12.1 Å². The number of carbonyl (C=O) groups is 3. The topological polar surface area (TPSA) is 105 Å². The predicted molar refractivity (Wildman–Crippen MR) is 142 cm³/mol. The van der Waals surface area contributed by atoms with Crippen LogP contribution in [0.2, 0.25) is 0 Å². The average molecular weight is 493 g/mol. The number of nitrogens with zero attached hydrogens (tertiary/aromatic N) is 1. The largest absolute Gasteiger partial charge is 0.348 e. The van der Waals surface area contributed by atoms with Crippen LogP contribution in [0.4, 0.5) is 0 Å². The summed E-state index contributed by atoms with van der Waals surface area (Å²) in [4.78, 5) is 40.9. The molecule has 7 nitrogen and oxygen atoms in total. The summed E-state index contributed by atoms with van der Waals surface area (Å²) in [5.41, 5.74) is 8.06. The van der Waals surface area contributed by atoms with Crippen LogP contribution in [0.3, 0.4) is 0 Å². The number of rotatable bonds is 10. The van der Waals surface area contributed by atoms with E-state index in [0.29, 0.717) is 44.7 Å². The van der Waals surface area contributed by atoms with Gasteiger partial charge in [-0.15, -0.1) is 0 Å². The van der Waals surface area contributed by atoms with Crippen LogP contribution in [0.15, 0.2) is 60.7 Å². The minimum absolute atomic E-state index is 0.0428. The number of nitrogens with one attached hydrogen (secondary N) is 2. The number of benzene rings is 2. The Labute approximate surface area is 214 Å². The molecule has 0 aromatic heterocycles. The Morgan fingerprint density at radius 1 is 0.917 bits per heavy atom. The first-order chi connectivity index (χ1) is 17.2. The summed E-state index contributed by atoms with van der Waals surface area (Å²) in [6, 6.07) is 18.1. The van der Waals surface area contributed by atoms with Crippen LogP contribution >= 0.6 is 0 Å². The van der Waals surface area contributed by atoms with E-state index in [-0.39, 0.29) is 29.7 Å². The molecular formula is C29H40N4O3. The monoisotopic (exact) mass is 492 g/mol. The third kappa shape index (κ3) is 7.92. The molecule has 0 bridgehead atoms. The molecule has 1 saturated heterocycles. The Hall–Kier alpha value is -3.19. The van der Waals surface area contributed by atoms with Gasteiger partial charge in [-0.2, -0.15) is 0 Å². The molecule has 2 aromatic rings. The lowest BCUT2D eigenvalue weighted by molar-refractivity contribution is -0.137. The van der Waals surface area contributed by atoms with Crippen molar-refractivity contribution in [1.29, 1.82) is 0 Å². The molecule has 4 N–H and O–H groups in total. The lowest BCUT2D eigenvalue weighted by atomic mass is 9.94. The van der Waals surface area contributed by atoms with E-state index in [2.05, 4.69) is 10.6 Å². The van der Waals surface area contributed by atoms with E-state index in [4.69, 9.17) is 5.73 Å². The summed E-state index contributed by atoms with van der Waals surface area (Å²) in [7, 11) is 0. The number of likely N-dealkylation sites (tertiary alicyclic amines) is 1. The summed E-state index contributed by atoms with van der Waals surface area (Å²) >= 11 is 0. The van der Waals surface area contributed by atoms with Crippen molar-refractivity contribution in [3.05, 3.63) is 71.8 Å². The molecule has 7 heteroatoms. The molecule has 3 atom stereocenters. The average Bonchev–Trinajstić information content (AvgIpc) is 2.88. The van der Waals surface area contributed by atoms with Crippen molar-refractivity contribution in [3.8, 4) is 0 Å². The minimum Gasteiger partial charge on any atom is -0.348 e. The lowest BCUT2D eigenvalue weighted by Gasteiger charge is -2.34. The Balaban J connectivity index is 1.61. The highest BCUT2D eigenvalue weighted by molar-refractivity contribution is 5.89. The smallest absolute Gasteiger partial charge is 0.243 e. The summed E-state index contributed by atoms with van der Waals surface area (Å²) < 4.78 is 0. The van der Waals surface area contributed by atoms with Gasteiger partial charge in [-0.3, -0.25) is 14.4 Å². The van der Waals surface area contributed by atoms with Crippen molar-refractivity contribution in [2.75, 3.05) is 13.1 Å². The predicted octanol–water partition coefficient (Wildman–Crippen LogP) is 3.20. The van der Waals surface area contributed by atoms with E-state index in [1.165, 1.54) is 0 Å². The number of amides is 3. The third-order valence-corrected chi connectivity index (χ3v) is 6.79. The number of piperidine rings is 1. The molecule has 1 fully saturated rings. The van der Waals surface area contributed by atoms with Crippen molar-refractivity contribution in [2.24, 2.45) is 17.6 Å². The second-order valence-electron chi connectivity index (χ2n) is 10.2. The van der Waals surface area contributed by atoms with Gasteiger partial charge in [0.2, 0.25) is 17.7 Å². The van der Waals surface area contributed by atoms with Gasteiger partial charge in [0.25, 0.3) is 0 Å². The zero-order valence-electron chi connectivity index (χ0n) is 21.7. The molecule has 2 aromatic carbocycles. The lowest BCUT2D eigenvalue weighted by Crippen LogP contribution is -2.52. The fourth-order valence-electron chi connectivity index (χ4n) is 4.69. The molecule has 1 aliphatic heterocycles. The van der Waals surface area contributed by atoms with Crippen molar-refractivity contribution in [1.82, 2.24) is 15.5 Å². The number of hydrogen-bond donors (Lipinski definition) is 3. The highest BCUT2D eigenvalue weighted by Crippen LogP contribution is 2.20. The van der Waals surface area contributed by atoms with Gasteiger partial charge in [-0.05, 0) is 43.2 Å². The van der Waals surface area contributed by atoms with E-state index >= 15 is 0 Å². The molecule has 0 saturated carbocycles. The van der Waals surface area contributed by atoms with Crippen molar-refractivity contribution >= 4 is 17.7 Å². The van der Waals surface area contributed by atoms with E-state index < -0.39 is 12.1 Å². The van der Waals surface area contributed by atoms with Crippen LogP contribution in [0.25, 0.3) is 0 Å². The third-order valence-electron chi connectivity index (χ3n) is 6.79.